The molecule has 3 aromatic rings. The first kappa shape index (κ1) is 21.1. The van der Waals surface area contributed by atoms with E-state index in [-0.39, 0.29) is 29.2 Å². The zero-order valence-corrected chi connectivity index (χ0v) is 17.9. The van der Waals surface area contributed by atoms with Crippen LogP contribution in [0.15, 0.2) is 64.5 Å². The Morgan fingerprint density at radius 2 is 1.79 bits per heavy atom. The molecule has 0 saturated carbocycles. The number of benzene rings is 2. The molecule has 0 bridgehead atoms. The monoisotopic (exact) mass is 409 g/mol. The Hall–Kier alpha value is -2.60. The third kappa shape index (κ3) is 5.07. The van der Waals surface area contributed by atoms with Crippen LogP contribution in [0.4, 0.5) is 0 Å². The standard InChI is InChI=1S/C23H27N3O2S/c1-4-17(3)26-22(28)19-12-8-9-13-20(19)25-23(26)29-15-21(27)24-14-16(2)18-10-6-5-7-11-18/h5-13,16-17H,4,14-15H2,1-3H3,(H,24,27)/t16-,17-/m1/s1. The summed E-state index contributed by atoms with van der Waals surface area (Å²) in [7, 11) is 0. The molecule has 0 saturated heterocycles. The van der Waals surface area contributed by atoms with Crippen molar-refractivity contribution in [3.05, 3.63) is 70.5 Å². The molecule has 0 aliphatic heterocycles. The van der Waals surface area contributed by atoms with E-state index in [9.17, 15) is 9.59 Å². The van der Waals surface area contributed by atoms with E-state index in [1.54, 1.807) is 10.6 Å². The molecule has 0 unspecified atom stereocenters. The van der Waals surface area contributed by atoms with Crippen LogP contribution in [-0.4, -0.2) is 27.8 Å². The summed E-state index contributed by atoms with van der Waals surface area (Å²) in [6.07, 6.45) is 0.814. The molecule has 1 N–H and O–H groups in total. The summed E-state index contributed by atoms with van der Waals surface area (Å²) in [6.45, 7) is 6.71. The Kier molecular flexibility index (Phi) is 7.09. The first-order valence-corrected chi connectivity index (χ1v) is 11.0. The van der Waals surface area contributed by atoms with Gasteiger partial charge in [-0.1, -0.05) is 68.1 Å². The normalized spacial score (nSPS) is 13.2. The van der Waals surface area contributed by atoms with Gasteiger partial charge in [-0.15, -0.1) is 0 Å². The van der Waals surface area contributed by atoms with Crippen molar-refractivity contribution in [2.75, 3.05) is 12.3 Å². The highest BCUT2D eigenvalue weighted by Gasteiger charge is 2.17. The van der Waals surface area contributed by atoms with E-state index >= 15 is 0 Å². The largest absolute Gasteiger partial charge is 0.355 e. The maximum absolute atomic E-state index is 13.0. The SMILES string of the molecule is CC[C@@H](C)n1c(SCC(=O)NC[C@@H](C)c2ccccc2)nc2ccccc2c1=O. The summed E-state index contributed by atoms with van der Waals surface area (Å²) in [5, 5.41) is 4.19. The zero-order chi connectivity index (χ0) is 20.8. The number of rotatable bonds is 8. The van der Waals surface area contributed by atoms with E-state index in [0.29, 0.717) is 22.6 Å². The summed E-state index contributed by atoms with van der Waals surface area (Å²) >= 11 is 1.32. The number of hydrogen-bond donors (Lipinski definition) is 1. The lowest BCUT2D eigenvalue weighted by atomic mass is 10.0. The summed E-state index contributed by atoms with van der Waals surface area (Å²) in [6, 6.07) is 17.5. The summed E-state index contributed by atoms with van der Waals surface area (Å²) in [5.74, 6) is 0.404. The van der Waals surface area contributed by atoms with Crippen LogP contribution >= 0.6 is 11.8 Å². The van der Waals surface area contributed by atoms with E-state index in [4.69, 9.17) is 0 Å². The number of carbonyl (C=O) groups is 1. The number of thioether (sulfide) groups is 1. The van der Waals surface area contributed by atoms with Crippen LogP contribution in [0.2, 0.25) is 0 Å². The molecule has 1 heterocycles. The third-order valence-electron chi connectivity index (χ3n) is 5.11. The van der Waals surface area contributed by atoms with Crippen LogP contribution in [0.1, 0.15) is 44.7 Å². The van der Waals surface area contributed by atoms with Crippen LogP contribution in [0.5, 0.6) is 0 Å². The quantitative estimate of drug-likeness (QED) is 0.443. The molecular weight excluding hydrogens is 382 g/mol. The molecular formula is C23H27N3O2S. The molecule has 2 aromatic carbocycles. The van der Waals surface area contributed by atoms with Crippen molar-refractivity contribution in [1.82, 2.24) is 14.9 Å². The minimum atomic E-state index is -0.0594. The molecule has 0 aliphatic carbocycles. The fourth-order valence-electron chi connectivity index (χ4n) is 3.15. The average Bonchev–Trinajstić information content (AvgIpc) is 2.76. The van der Waals surface area contributed by atoms with Gasteiger partial charge in [0.05, 0.1) is 16.7 Å². The number of carbonyl (C=O) groups excluding carboxylic acids is 1. The van der Waals surface area contributed by atoms with Gasteiger partial charge in [-0.05, 0) is 37.0 Å². The van der Waals surface area contributed by atoms with Crippen LogP contribution in [0.3, 0.4) is 0 Å². The molecule has 1 aromatic heterocycles. The number of aromatic nitrogens is 2. The molecule has 1 amide bonds. The van der Waals surface area contributed by atoms with E-state index in [1.807, 2.05) is 50.2 Å². The Morgan fingerprint density at radius 3 is 2.52 bits per heavy atom. The lowest BCUT2D eigenvalue weighted by Gasteiger charge is -2.18. The Labute approximate surface area is 175 Å². The molecule has 2 atom stereocenters. The second-order valence-corrected chi connectivity index (χ2v) is 8.19. The van der Waals surface area contributed by atoms with Crippen LogP contribution in [0, 0.1) is 0 Å². The second kappa shape index (κ2) is 9.74. The van der Waals surface area contributed by atoms with Crippen molar-refractivity contribution < 1.29 is 4.79 Å². The molecule has 152 valence electrons. The first-order valence-electron chi connectivity index (χ1n) is 9.97. The zero-order valence-electron chi connectivity index (χ0n) is 17.1. The molecule has 0 fully saturated rings. The lowest BCUT2D eigenvalue weighted by molar-refractivity contribution is -0.118. The fraction of sp³-hybridized carbons (Fsp3) is 0.348. The third-order valence-corrected chi connectivity index (χ3v) is 6.07. The van der Waals surface area contributed by atoms with Crippen LogP contribution < -0.4 is 10.9 Å². The summed E-state index contributed by atoms with van der Waals surface area (Å²) in [4.78, 5) is 30.0. The van der Waals surface area contributed by atoms with Gasteiger partial charge in [-0.3, -0.25) is 14.2 Å². The second-order valence-electron chi connectivity index (χ2n) is 7.25. The minimum absolute atomic E-state index is 0.0169. The molecule has 0 radical (unpaired) electrons. The number of nitrogens with one attached hydrogen (secondary N) is 1. The highest BCUT2D eigenvalue weighted by Crippen LogP contribution is 2.22. The van der Waals surface area contributed by atoms with Gasteiger partial charge in [-0.2, -0.15) is 0 Å². The van der Waals surface area contributed by atoms with Gasteiger partial charge in [0.25, 0.3) is 5.56 Å². The summed E-state index contributed by atoms with van der Waals surface area (Å²) < 4.78 is 1.72. The van der Waals surface area contributed by atoms with Gasteiger partial charge in [0.15, 0.2) is 5.16 Å². The van der Waals surface area contributed by atoms with E-state index in [0.717, 1.165) is 6.42 Å². The topological polar surface area (TPSA) is 64.0 Å². The van der Waals surface area contributed by atoms with Crippen LogP contribution in [-0.2, 0) is 4.79 Å². The Bertz CT molecular complexity index is 1030. The van der Waals surface area contributed by atoms with Gasteiger partial charge in [0.2, 0.25) is 5.91 Å². The van der Waals surface area contributed by atoms with E-state index < -0.39 is 0 Å². The molecule has 3 rings (SSSR count). The van der Waals surface area contributed by atoms with Crippen molar-refractivity contribution in [2.24, 2.45) is 0 Å². The maximum atomic E-state index is 13.0. The molecule has 29 heavy (non-hydrogen) atoms. The lowest BCUT2D eigenvalue weighted by Crippen LogP contribution is -2.30. The van der Waals surface area contributed by atoms with Gasteiger partial charge in [-0.25, -0.2) is 4.98 Å². The molecule has 5 nitrogen and oxygen atoms in total. The van der Waals surface area contributed by atoms with Crippen LogP contribution in [0.25, 0.3) is 10.9 Å². The van der Waals surface area contributed by atoms with Gasteiger partial charge in [0.1, 0.15) is 0 Å². The fourth-order valence-corrected chi connectivity index (χ4v) is 4.07. The van der Waals surface area contributed by atoms with Gasteiger partial charge in [0, 0.05) is 12.6 Å². The minimum Gasteiger partial charge on any atom is -0.355 e. The smallest absolute Gasteiger partial charge is 0.262 e. The van der Waals surface area contributed by atoms with E-state index in [1.165, 1.54) is 17.3 Å². The van der Waals surface area contributed by atoms with Crippen molar-refractivity contribution >= 4 is 28.6 Å². The number of hydrogen-bond acceptors (Lipinski definition) is 4. The number of para-hydroxylation sites is 1. The van der Waals surface area contributed by atoms with Crippen molar-refractivity contribution in [3.8, 4) is 0 Å². The Morgan fingerprint density at radius 1 is 1.10 bits per heavy atom. The number of fused-ring (bicyclic) bond motifs is 1. The number of nitrogens with zero attached hydrogens (tertiary/aromatic N) is 2. The predicted molar refractivity (Wildman–Crippen MR) is 120 cm³/mol. The number of amides is 1. The average molecular weight is 410 g/mol. The van der Waals surface area contributed by atoms with Gasteiger partial charge >= 0.3 is 0 Å². The van der Waals surface area contributed by atoms with Crippen molar-refractivity contribution in [1.29, 1.82) is 0 Å². The molecule has 6 heteroatoms. The molecule has 0 spiro atoms. The maximum Gasteiger partial charge on any atom is 0.262 e. The first-order chi connectivity index (χ1) is 14.0. The van der Waals surface area contributed by atoms with Gasteiger partial charge < -0.3 is 5.32 Å². The van der Waals surface area contributed by atoms with Crippen molar-refractivity contribution in [3.63, 3.8) is 0 Å². The van der Waals surface area contributed by atoms with E-state index in [2.05, 4.69) is 29.4 Å². The predicted octanol–water partition coefficient (Wildman–Crippen LogP) is 4.38. The highest BCUT2D eigenvalue weighted by atomic mass is 32.2. The highest BCUT2D eigenvalue weighted by molar-refractivity contribution is 7.99. The summed E-state index contributed by atoms with van der Waals surface area (Å²) in [5.41, 5.74) is 1.81. The van der Waals surface area contributed by atoms with Crippen molar-refractivity contribution in [2.45, 2.75) is 44.3 Å². The Balaban J connectivity index is 1.71. The molecule has 0 aliphatic rings.